The minimum atomic E-state index is -0.909. The first kappa shape index (κ1) is 8.65. The summed E-state index contributed by atoms with van der Waals surface area (Å²) in [6.07, 6.45) is 1.68. The van der Waals surface area contributed by atoms with Crippen LogP contribution in [0.4, 0.5) is 0 Å². The number of carboxylic acid groups (broad SMARTS) is 1. The third-order valence-corrected chi connectivity index (χ3v) is 3.40. The molecule has 0 spiro atoms. The standard InChI is InChI=1S/C8H9NO3S/c10-5-3-8(4-5,7(11)12)6-9-1-2-13-6/h1-2,5,10H,3-4H2,(H,11,12). The Morgan fingerprint density at radius 1 is 1.69 bits per heavy atom. The van der Waals surface area contributed by atoms with Crippen LogP contribution in [0.15, 0.2) is 11.6 Å². The minimum absolute atomic E-state index is 0.288. The maximum absolute atomic E-state index is 11.0. The van der Waals surface area contributed by atoms with Crippen LogP contribution in [0.5, 0.6) is 0 Å². The second-order valence-electron chi connectivity index (χ2n) is 3.29. The maximum atomic E-state index is 11.0. The van der Waals surface area contributed by atoms with Crippen molar-refractivity contribution in [2.24, 2.45) is 0 Å². The van der Waals surface area contributed by atoms with E-state index in [9.17, 15) is 4.79 Å². The van der Waals surface area contributed by atoms with Gasteiger partial charge in [0.25, 0.3) is 0 Å². The van der Waals surface area contributed by atoms with Crippen molar-refractivity contribution in [3.05, 3.63) is 16.6 Å². The Morgan fingerprint density at radius 3 is 2.77 bits per heavy atom. The Kier molecular flexibility index (Phi) is 1.85. The SMILES string of the molecule is O=C(O)C1(c2nccs2)CC(O)C1. The first-order valence-corrected chi connectivity index (χ1v) is 4.84. The summed E-state index contributed by atoms with van der Waals surface area (Å²) in [5.74, 6) is -0.882. The number of thiazole rings is 1. The highest BCUT2D eigenvalue weighted by Gasteiger charge is 2.53. The number of rotatable bonds is 2. The number of hydrogen-bond acceptors (Lipinski definition) is 4. The summed E-state index contributed by atoms with van der Waals surface area (Å²) < 4.78 is 0. The molecular weight excluding hydrogens is 190 g/mol. The predicted molar refractivity (Wildman–Crippen MR) is 46.7 cm³/mol. The molecule has 70 valence electrons. The molecule has 1 aliphatic rings. The molecule has 5 heteroatoms. The number of carboxylic acids is 1. The van der Waals surface area contributed by atoms with E-state index in [-0.39, 0.29) is 12.8 Å². The van der Waals surface area contributed by atoms with Crippen LogP contribution in [0.1, 0.15) is 17.8 Å². The topological polar surface area (TPSA) is 70.4 Å². The minimum Gasteiger partial charge on any atom is -0.481 e. The molecule has 1 fully saturated rings. The number of carbonyl (C=O) groups is 1. The molecule has 1 heterocycles. The molecule has 1 aliphatic carbocycles. The number of hydrogen-bond donors (Lipinski definition) is 2. The van der Waals surface area contributed by atoms with Gasteiger partial charge in [-0.05, 0) is 12.8 Å². The van der Waals surface area contributed by atoms with Gasteiger partial charge in [0, 0.05) is 11.6 Å². The molecule has 0 radical (unpaired) electrons. The first-order chi connectivity index (χ1) is 6.15. The van der Waals surface area contributed by atoms with Gasteiger partial charge < -0.3 is 10.2 Å². The van der Waals surface area contributed by atoms with E-state index in [2.05, 4.69) is 4.98 Å². The monoisotopic (exact) mass is 199 g/mol. The van der Waals surface area contributed by atoms with Gasteiger partial charge in [0.05, 0.1) is 6.10 Å². The average Bonchev–Trinajstić information content (AvgIpc) is 2.49. The molecule has 1 aromatic heterocycles. The van der Waals surface area contributed by atoms with Crippen molar-refractivity contribution in [3.63, 3.8) is 0 Å². The molecular formula is C8H9NO3S. The van der Waals surface area contributed by atoms with E-state index in [0.29, 0.717) is 5.01 Å². The van der Waals surface area contributed by atoms with Crippen LogP contribution in [0, 0.1) is 0 Å². The van der Waals surface area contributed by atoms with Crippen molar-refractivity contribution in [1.29, 1.82) is 0 Å². The second-order valence-corrected chi connectivity index (χ2v) is 4.18. The highest BCUT2D eigenvalue weighted by molar-refractivity contribution is 7.09. The van der Waals surface area contributed by atoms with Gasteiger partial charge in [0.15, 0.2) is 0 Å². The Balaban J connectivity index is 2.31. The fourth-order valence-electron chi connectivity index (χ4n) is 1.65. The van der Waals surface area contributed by atoms with E-state index in [1.807, 2.05) is 0 Å². The third kappa shape index (κ3) is 1.15. The van der Waals surface area contributed by atoms with E-state index in [4.69, 9.17) is 10.2 Å². The average molecular weight is 199 g/mol. The van der Waals surface area contributed by atoms with Crippen LogP contribution in [0.3, 0.4) is 0 Å². The molecule has 0 bridgehead atoms. The van der Waals surface area contributed by atoms with Crippen molar-refractivity contribution >= 4 is 17.3 Å². The Morgan fingerprint density at radius 2 is 2.38 bits per heavy atom. The Labute approximate surface area is 78.9 Å². The van der Waals surface area contributed by atoms with E-state index in [1.165, 1.54) is 11.3 Å². The summed E-state index contributed by atoms with van der Waals surface area (Å²) in [5.41, 5.74) is -0.909. The lowest BCUT2D eigenvalue weighted by Crippen LogP contribution is -2.50. The van der Waals surface area contributed by atoms with Crippen LogP contribution in [-0.2, 0) is 10.2 Å². The lowest BCUT2D eigenvalue weighted by Gasteiger charge is -2.39. The maximum Gasteiger partial charge on any atom is 0.316 e. The zero-order valence-electron chi connectivity index (χ0n) is 6.80. The van der Waals surface area contributed by atoms with Gasteiger partial charge in [0.2, 0.25) is 0 Å². The molecule has 0 amide bonds. The zero-order chi connectivity index (χ0) is 9.47. The summed E-state index contributed by atoms with van der Waals surface area (Å²) in [6.45, 7) is 0. The quantitative estimate of drug-likeness (QED) is 0.732. The zero-order valence-corrected chi connectivity index (χ0v) is 7.62. The highest BCUT2D eigenvalue weighted by Crippen LogP contribution is 2.44. The Hall–Kier alpha value is -0.940. The van der Waals surface area contributed by atoms with Crippen LogP contribution < -0.4 is 0 Å². The molecule has 2 N–H and O–H groups in total. The van der Waals surface area contributed by atoms with Gasteiger partial charge in [-0.3, -0.25) is 4.79 Å². The molecule has 0 aliphatic heterocycles. The van der Waals surface area contributed by atoms with Gasteiger partial charge in [-0.2, -0.15) is 0 Å². The van der Waals surface area contributed by atoms with Gasteiger partial charge in [0.1, 0.15) is 10.4 Å². The number of aliphatic hydroxyl groups is 1. The molecule has 0 unspecified atom stereocenters. The number of aliphatic carboxylic acids is 1. The van der Waals surface area contributed by atoms with Crippen LogP contribution in [-0.4, -0.2) is 27.3 Å². The third-order valence-electron chi connectivity index (χ3n) is 2.42. The number of nitrogens with zero attached hydrogens (tertiary/aromatic N) is 1. The summed E-state index contributed by atoms with van der Waals surface area (Å²) >= 11 is 1.33. The molecule has 0 atom stereocenters. The van der Waals surface area contributed by atoms with E-state index in [1.54, 1.807) is 11.6 Å². The molecule has 0 saturated heterocycles. The van der Waals surface area contributed by atoms with Gasteiger partial charge in [-0.25, -0.2) is 4.98 Å². The van der Waals surface area contributed by atoms with Crippen LogP contribution in [0.25, 0.3) is 0 Å². The van der Waals surface area contributed by atoms with Crippen molar-refractivity contribution < 1.29 is 15.0 Å². The van der Waals surface area contributed by atoms with E-state index in [0.717, 1.165) is 0 Å². The van der Waals surface area contributed by atoms with E-state index < -0.39 is 17.5 Å². The van der Waals surface area contributed by atoms with Gasteiger partial charge in [-0.15, -0.1) is 11.3 Å². The van der Waals surface area contributed by atoms with E-state index >= 15 is 0 Å². The van der Waals surface area contributed by atoms with Crippen molar-refractivity contribution in [3.8, 4) is 0 Å². The fourth-order valence-corrected chi connectivity index (χ4v) is 2.50. The Bertz CT molecular complexity index is 316. The summed E-state index contributed by atoms with van der Waals surface area (Å²) in [7, 11) is 0. The molecule has 2 rings (SSSR count). The van der Waals surface area contributed by atoms with Crippen molar-refractivity contribution in [1.82, 2.24) is 4.98 Å². The molecule has 13 heavy (non-hydrogen) atoms. The molecule has 0 aromatic carbocycles. The number of aliphatic hydroxyl groups excluding tert-OH is 1. The predicted octanol–water partition coefficient (Wildman–Crippen LogP) is 0.620. The molecule has 4 nitrogen and oxygen atoms in total. The normalized spacial score (nSPS) is 32.5. The number of aromatic nitrogens is 1. The largest absolute Gasteiger partial charge is 0.481 e. The second kappa shape index (κ2) is 2.78. The van der Waals surface area contributed by atoms with Gasteiger partial charge in [-0.1, -0.05) is 0 Å². The fraction of sp³-hybridized carbons (Fsp3) is 0.500. The summed E-state index contributed by atoms with van der Waals surface area (Å²) in [4.78, 5) is 15.0. The molecule has 1 saturated carbocycles. The smallest absolute Gasteiger partial charge is 0.316 e. The van der Waals surface area contributed by atoms with Crippen LogP contribution >= 0.6 is 11.3 Å². The molecule has 1 aromatic rings. The lowest BCUT2D eigenvalue weighted by molar-refractivity contribution is -0.152. The van der Waals surface area contributed by atoms with Crippen molar-refractivity contribution in [2.45, 2.75) is 24.4 Å². The summed E-state index contributed by atoms with van der Waals surface area (Å²) in [5, 5.41) is 20.5. The lowest BCUT2D eigenvalue weighted by atomic mass is 9.67. The van der Waals surface area contributed by atoms with Crippen molar-refractivity contribution in [2.75, 3.05) is 0 Å². The van der Waals surface area contributed by atoms with Gasteiger partial charge >= 0.3 is 5.97 Å². The summed E-state index contributed by atoms with van der Waals surface area (Å²) in [6, 6.07) is 0. The highest BCUT2D eigenvalue weighted by atomic mass is 32.1. The first-order valence-electron chi connectivity index (χ1n) is 3.96. The van der Waals surface area contributed by atoms with Crippen LogP contribution in [0.2, 0.25) is 0 Å².